The van der Waals surface area contributed by atoms with E-state index in [2.05, 4.69) is 36.0 Å². The fourth-order valence-electron chi connectivity index (χ4n) is 2.13. The number of likely N-dealkylation sites (tertiary alicyclic amines) is 1. The second-order valence-electron chi connectivity index (χ2n) is 5.88. The summed E-state index contributed by atoms with van der Waals surface area (Å²) in [5.41, 5.74) is 0.0454. The molecule has 1 aromatic heterocycles. The van der Waals surface area contributed by atoms with Gasteiger partial charge in [0, 0.05) is 24.5 Å². The van der Waals surface area contributed by atoms with Crippen molar-refractivity contribution in [3.05, 3.63) is 17.8 Å². The Kier molecular flexibility index (Phi) is 3.54. The average Bonchev–Trinajstić information content (AvgIpc) is 2.86. The van der Waals surface area contributed by atoms with Crippen LogP contribution in [0.3, 0.4) is 0 Å². The molecule has 1 N–H and O–H groups in total. The van der Waals surface area contributed by atoms with Gasteiger partial charge < -0.3 is 9.73 Å². The Morgan fingerprint density at radius 2 is 2.29 bits per heavy atom. The molecule has 1 aromatic rings. The summed E-state index contributed by atoms with van der Waals surface area (Å²) in [6.45, 7) is 9.47. The van der Waals surface area contributed by atoms with Gasteiger partial charge in [-0.05, 0) is 13.5 Å². The summed E-state index contributed by atoms with van der Waals surface area (Å²) >= 11 is 0. The van der Waals surface area contributed by atoms with Gasteiger partial charge in [0.15, 0.2) is 0 Å². The van der Waals surface area contributed by atoms with Crippen molar-refractivity contribution in [3.8, 4) is 0 Å². The van der Waals surface area contributed by atoms with Crippen LogP contribution in [0.5, 0.6) is 0 Å². The van der Waals surface area contributed by atoms with Gasteiger partial charge in [-0.3, -0.25) is 4.90 Å². The number of nitrogens with one attached hydrogen (secondary N) is 1. The van der Waals surface area contributed by atoms with Crippen LogP contribution in [0.15, 0.2) is 10.6 Å². The van der Waals surface area contributed by atoms with E-state index in [9.17, 15) is 0 Å². The molecular weight excluding hydrogens is 214 g/mol. The number of rotatable bonds is 3. The minimum atomic E-state index is 0.0454. The lowest BCUT2D eigenvalue weighted by atomic mass is 9.94. The second kappa shape index (κ2) is 4.78. The smallest absolute Gasteiger partial charge is 0.208 e. The third-order valence-electron chi connectivity index (χ3n) is 3.33. The van der Waals surface area contributed by atoms with Gasteiger partial charge >= 0.3 is 0 Å². The molecule has 1 fully saturated rings. The van der Waals surface area contributed by atoms with E-state index >= 15 is 0 Å². The van der Waals surface area contributed by atoms with E-state index in [1.807, 2.05) is 13.2 Å². The van der Waals surface area contributed by atoms with Gasteiger partial charge in [0.2, 0.25) is 5.89 Å². The summed E-state index contributed by atoms with van der Waals surface area (Å²) < 4.78 is 5.81. The summed E-state index contributed by atoms with van der Waals surface area (Å²) in [7, 11) is 2.02. The van der Waals surface area contributed by atoms with Gasteiger partial charge in [0.1, 0.15) is 5.76 Å². The predicted octanol–water partition coefficient (Wildman–Crippen LogP) is 1.77. The molecule has 2 heterocycles. The number of likely N-dealkylation sites (N-methyl/N-ethyl adjacent to an activating group) is 1. The molecule has 2 rings (SSSR count). The average molecular weight is 237 g/mol. The highest BCUT2D eigenvalue weighted by atomic mass is 16.4. The Balaban J connectivity index is 1.94. The van der Waals surface area contributed by atoms with Gasteiger partial charge in [-0.15, -0.1) is 0 Å². The van der Waals surface area contributed by atoms with Crippen molar-refractivity contribution in [1.29, 1.82) is 0 Å². The fraction of sp³-hybridized carbons (Fsp3) is 0.769. The van der Waals surface area contributed by atoms with Crippen LogP contribution in [-0.2, 0) is 12.0 Å². The first kappa shape index (κ1) is 12.6. The van der Waals surface area contributed by atoms with Crippen molar-refractivity contribution in [1.82, 2.24) is 15.2 Å². The molecule has 0 bridgehead atoms. The zero-order valence-corrected chi connectivity index (χ0v) is 11.3. The van der Waals surface area contributed by atoms with Gasteiger partial charge in [0.25, 0.3) is 0 Å². The van der Waals surface area contributed by atoms with Crippen molar-refractivity contribution in [2.24, 2.45) is 0 Å². The highest BCUT2D eigenvalue weighted by Gasteiger charge is 2.24. The molecule has 4 heteroatoms. The zero-order valence-electron chi connectivity index (χ0n) is 11.3. The summed E-state index contributed by atoms with van der Waals surface area (Å²) in [6.07, 6.45) is 3.07. The molecule has 17 heavy (non-hydrogen) atoms. The molecule has 0 radical (unpaired) electrons. The van der Waals surface area contributed by atoms with Crippen LogP contribution in [0.2, 0.25) is 0 Å². The van der Waals surface area contributed by atoms with Gasteiger partial charge in [-0.1, -0.05) is 20.8 Å². The van der Waals surface area contributed by atoms with E-state index in [1.54, 1.807) is 0 Å². The molecule has 1 aliphatic heterocycles. The van der Waals surface area contributed by atoms with Crippen molar-refractivity contribution in [3.63, 3.8) is 0 Å². The Morgan fingerprint density at radius 1 is 1.53 bits per heavy atom. The van der Waals surface area contributed by atoms with Crippen LogP contribution in [0.25, 0.3) is 0 Å². The first-order valence-corrected chi connectivity index (χ1v) is 6.34. The van der Waals surface area contributed by atoms with Crippen molar-refractivity contribution in [2.75, 3.05) is 20.1 Å². The maximum Gasteiger partial charge on any atom is 0.208 e. The minimum Gasteiger partial charge on any atom is -0.444 e. The summed E-state index contributed by atoms with van der Waals surface area (Å²) in [4.78, 5) is 6.76. The monoisotopic (exact) mass is 237 g/mol. The second-order valence-corrected chi connectivity index (χ2v) is 5.88. The van der Waals surface area contributed by atoms with Crippen LogP contribution in [0, 0.1) is 0 Å². The molecule has 4 nitrogen and oxygen atoms in total. The number of oxazole rings is 1. The Labute approximate surface area is 103 Å². The lowest BCUT2D eigenvalue weighted by Crippen LogP contribution is -2.29. The Hall–Kier alpha value is -0.870. The molecule has 1 atom stereocenters. The van der Waals surface area contributed by atoms with Crippen LogP contribution in [0.4, 0.5) is 0 Å². The van der Waals surface area contributed by atoms with Crippen LogP contribution in [0.1, 0.15) is 38.8 Å². The summed E-state index contributed by atoms with van der Waals surface area (Å²) in [5.74, 6) is 1.81. The molecule has 0 aromatic carbocycles. The van der Waals surface area contributed by atoms with E-state index in [0.717, 1.165) is 31.3 Å². The highest BCUT2D eigenvalue weighted by Crippen LogP contribution is 2.23. The minimum absolute atomic E-state index is 0.0454. The predicted molar refractivity (Wildman–Crippen MR) is 67.9 cm³/mol. The van der Waals surface area contributed by atoms with Crippen LogP contribution < -0.4 is 5.32 Å². The largest absolute Gasteiger partial charge is 0.444 e. The van der Waals surface area contributed by atoms with Gasteiger partial charge in [0.05, 0.1) is 12.7 Å². The van der Waals surface area contributed by atoms with E-state index in [1.165, 1.54) is 6.42 Å². The van der Waals surface area contributed by atoms with Crippen molar-refractivity contribution >= 4 is 0 Å². The van der Waals surface area contributed by atoms with Crippen molar-refractivity contribution < 1.29 is 4.42 Å². The van der Waals surface area contributed by atoms with Gasteiger partial charge in [-0.25, -0.2) is 4.98 Å². The SMILES string of the molecule is CNC1CCN(Cc2ncc(C(C)(C)C)o2)C1. The fourth-order valence-corrected chi connectivity index (χ4v) is 2.13. The summed E-state index contributed by atoms with van der Waals surface area (Å²) in [6, 6.07) is 0.618. The number of aromatic nitrogens is 1. The number of hydrogen-bond donors (Lipinski definition) is 1. The topological polar surface area (TPSA) is 41.3 Å². The quantitative estimate of drug-likeness (QED) is 0.870. The van der Waals surface area contributed by atoms with Crippen LogP contribution in [-0.4, -0.2) is 36.1 Å². The standard InChI is InChI=1S/C13H23N3O/c1-13(2,3)11-7-15-12(17-11)9-16-6-5-10(8-16)14-4/h7,10,14H,5-6,8-9H2,1-4H3. The normalized spacial score (nSPS) is 22.2. The van der Waals surface area contributed by atoms with E-state index in [4.69, 9.17) is 4.42 Å². The number of hydrogen-bond acceptors (Lipinski definition) is 4. The molecule has 96 valence electrons. The first-order chi connectivity index (χ1) is 7.99. The van der Waals surface area contributed by atoms with Crippen LogP contribution >= 0.6 is 0 Å². The zero-order chi connectivity index (χ0) is 12.5. The number of nitrogens with zero attached hydrogens (tertiary/aromatic N) is 2. The maximum absolute atomic E-state index is 5.81. The summed E-state index contributed by atoms with van der Waals surface area (Å²) in [5, 5.41) is 3.32. The highest BCUT2D eigenvalue weighted by molar-refractivity contribution is 5.06. The molecule has 0 saturated carbocycles. The maximum atomic E-state index is 5.81. The molecule has 0 amide bonds. The van der Waals surface area contributed by atoms with Crippen molar-refractivity contribution in [2.45, 2.75) is 45.2 Å². The third-order valence-corrected chi connectivity index (χ3v) is 3.33. The lowest BCUT2D eigenvalue weighted by Gasteiger charge is -2.15. The van der Waals surface area contributed by atoms with E-state index in [0.29, 0.717) is 6.04 Å². The molecular formula is C13H23N3O. The molecule has 0 aliphatic carbocycles. The third kappa shape index (κ3) is 3.07. The molecule has 1 saturated heterocycles. The first-order valence-electron chi connectivity index (χ1n) is 6.34. The lowest BCUT2D eigenvalue weighted by molar-refractivity contribution is 0.272. The molecule has 1 aliphatic rings. The van der Waals surface area contributed by atoms with E-state index in [-0.39, 0.29) is 5.41 Å². The van der Waals surface area contributed by atoms with Gasteiger partial charge in [-0.2, -0.15) is 0 Å². The molecule has 0 spiro atoms. The van der Waals surface area contributed by atoms with E-state index < -0.39 is 0 Å². The molecule has 1 unspecified atom stereocenters. The Morgan fingerprint density at radius 3 is 2.82 bits per heavy atom. The Bertz CT molecular complexity index is 367.